The zero-order valence-corrected chi connectivity index (χ0v) is 14.4. The molecule has 1 fully saturated rings. The molecule has 4 nitrogen and oxygen atoms in total. The number of nitrogens with zero attached hydrogens (tertiary/aromatic N) is 1. The molecule has 128 valence electrons. The van der Waals surface area contributed by atoms with Gasteiger partial charge >= 0.3 is 5.97 Å². The van der Waals surface area contributed by atoms with Crippen molar-refractivity contribution in [2.75, 3.05) is 32.8 Å². The zero-order valence-electron chi connectivity index (χ0n) is 14.4. The van der Waals surface area contributed by atoms with Gasteiger partial charge in [0.1, 0.15) is 0 Å². The zero-order chi connectivity index (χ0) is 16.3. The van der Waals surface area contributed by atoms with Crippen molar-refractivity contribution in [2.24, 2.45) is 0 Å². The van der Waals surface area contributed by atoms with Gasteiger partial charge in [-0.25, -0.2) is 4.79 Å². The molecule has 0 atom stereocenters. The smallest absolute Gasteiger partial charge is 0.338 e. The van der Waals surface area contributed by atoms with Gasteiger partial charge in [-0.3, -0.25) is 0 Å². The molecule has 0 unspecified atom stereocenters. The Labute approximate surface area is 140 Å². The SMILES string of the molecule is CCCCOC(=O)c1cccc(CNCCN2CCCCC2)c1. The number of piperidine rings is 1. The molecule has 0 aromatic heterocycles. The van der Waals surface area contributed by atoms with Crippen LogP contribution in [0.2, 0.25) is 0 Å². The van der Waals surface area contributed by atoms with Gasteiger partial charge in [0, 0.05) is 19.6 Å². The highest BCUT2D eigenvalue weighted by Gasteiger charge is 2.09. The number of unbranched alkanes of at least 4 members (excludes halogenated alkanes) is 1. The van der Waals surface area contributed by atoms with Gasteiger partial charge in [0.05, 0.1) is 12.2 Å². The highest BCUT2D eigenvalue weighted by molar-refractivity contribution is 5.89. The van der Waals surface area contributed by atoms with Crippen molar-refractivity contribution in [1.82, 2.24) is 10.2 Å². The normalized spacial score (nSPS) is 15.5. The summed E-state index contributed by atoms with van der Waals surface area (Å²) in [6.07, 6.45) is 6.01. The maximum atomic E-state index is 12.0. The summed E-state index contributed by atoms with van der Waals surface area (Å²) < 4.78 is 5.26. The van der Waals surface area contributed by atoms with Crippen LogP contribution in [-0.2, 0) is 11.3 Å². The van der Waals surface area contributed by atoms with E-state index in [1.165, 1.54) is 32.4 Å². The van der Waals surface area contributed by atoms with E-state index >= 15 is 0 Å². The van der Waals surface area contributed by atoms with Crippen molar-refractivity contribution in [3.05, 3.63) is 35.4 Å². The highest BCUT2D eigenvalue weighted by atomic mass is 16.5. The maximum Gasteiger partial charge on any atom is 0.338 e. The molecule has 0 saturated carbocycles. The fourth-order valence-electron chi connectivity index (χ4n) is 2.85. The summed E-state index contributed by atoms with van der Waals surface area (Å²) >= 11 is 0. The first-order valence-electron chi connectivity index (χ1n) is 8.98. The first-order chi connectivity index (χ1) is 11.3. The van der Waals surface area contributed by atoms with Crippen LogP contribution in [0.15, 0.2) is 24.3 Å². The number of hydrogen-bond acceptors (Lipinski definition) is 4. The summed E-state index contributed by atoms with van der Waals surface area (Å²) in [6, 6.07) is 7.74. The number of hydrogen-bond donors (Lipinski definition) is 1. The molecule has 0 bridgehead atoms. The predicted octanol–water partition coefficient (Wildman–Crippen LogP) is 3.22. The van der Waals surface area contributed by atoms with Crippen molar-refractivity contribution < 1.29 is 9.53 Å². The van der Waals surface area contributed by atoms with E-state index in [9.17, 15) is 4.79 Å². The summed E-state index contributed by atoms with van der Waals surface area (Å²) in [5.74, 6) is -0.214. The van der Waals surface area contributed by atoms with Crippen LogP contribution in [0.3, 0.4) is 0 Å². The highest BCUT2D eigenvalue weighted by Crippen LogP contribution is 2.09. The molecule has 0 amide bonds. The lowest BCUT2D eigenvalue weighted by atomic mass is 10.1. The number of carbonyl (C=O) groups excluding carboxylic acids is 1. The average molecular weight is 318 g/mol. The number of carbonyl (C=O) groups is 1. The topological polar surface area (TPSA) is 41.6 Å². The summed E-state index contributed by atoms with van der Waals surface area (Å²) in [7, 11) is 0. The number of likely N-dealkylation sites (tertiary alicyclic amines) is 1. The fraction of sp³-hybridized carbons (Fsp3) is 0.632. The third-order valence-electron chi connectivity index (χ3n) is 4.28. The van der Waals surface area contributed by atoms with Gasteiger partial charge in [-0.1, -0.05) is 31.9 Å². The van der Waals surface area contributed by atoms with Crippen LogP contribution in [0.1, 0.15) is 54.9 Å². The molecule has 1 aliphatic heterocycles. The minimum atomic E-state index is -0.214. The second-order valence-corrected chi connectivity index (χ2v) is 6.27. The van der Waals surface area contributed by atoms with Crippen molar-refractivity contribution >= 4 is 5.97 Å². The van der Waals surface area contributed by atoms with Crippen LogP contribution in [0, 0.1) is 0 Å². The van der Waals surface area contributed by atoms with Crippen LogP contribution in [0.4, 0.5) is 0 Å². The molecule has 23 heavy (non-hydrogen) atoms. The van der Waals surface area contributed by atoms with Crippen LogP contribution in [-0.4, -0.2) is 43.7 Å². The number of benzene rings is 1. The molecule has 1 N–H and O–H groups in total. The lowest BCUT2D eigenvalue weighted by molar-refractivity contribution is 0.0499. The molecule has 1 saturated heterocycles. The number of nitrogens with one attached hydrogen (secondary N) is 1. The molecule has 0 radical (unpaired) electrons. The van der Waals surface area contributed by atoms with Crippen molar-refractivity contribution in [3.8, 4) is 0 Å². The van der Waals surface area contributed by atoms with Gasteiger partial charge < -0.3 is 15.0 Å². The third-order valence-corrected chi connectivity index (χ3v) is 4.28. The molecule has 0 aliphatic carbocycles. The van der Waals surface area contributed by atoms with E-state index in [1.807, 2.05) is 18.2 Å². The Bertz CT molecular complexity index is 470. The van der Waals surface area contributed by atoms with E-state index < -0.39 is 0 Å². The molecular formula is C19H30N2O2. The lowest BCUT2D eigenvalue weighted by Crippen LogP contribution is -2.35. The minimum absolute atomic E-state index is 0.214. The second-order valence-electron chi connectivity index (χ2n) is 6.27. The van der Waals surface area contributed by atoms with Gasteiger partial charge in [0.15, 0.2) is 0 Å². The Morgan fingerprint density at radius 3 is 2.87 bits per heavy atom. The van der Waals surface area contributed by atoms with Crippen LogP contribution < -0.4 is 5.32 Å². The summed E-state index contributed by atoms with van der Waals surface area (Å²) in [5.41, 5.74) is 1.78. The Hall–Kier alpha value is -1.39. The fourth-order valence-corrected chi connectivity index (χ4v) is 2.85. The molecule has 1 heterocycles. The Balaban J connectivity index is 1.70. The number of ether oxygens (including phenoxy) is 1. The summed E-state index contributed by atoms with van der Waals surface area (Å²) in [6.45, 7) is 7.97. The van der Waals surface area contributed by atoms with Crippen LogP contribution in [0.25, 0.3) is 0 Å². The first kappa shape index (κ1) is 18.0. The predicted molar refractivity (Wildman–Crippen MR) is 93.6 cm³/mol. The Kier molecular flexibility index (Phi) is 8.12. The van der Waals surface area contributed by atoms with Gasteiger partial charge in [0.25, 0.3) is 0 Å². The van der Waals surface area contributed by atoms with E-state index in [-0.39, 0.29) is 5.97 Å². The molecule has 1 aromatic carbocycles. The molecule has 4 heteroatoms. The third kappa shape index (κ3) is 6.71. The number of rotatable bonds is 9. The van der Waals surface area contributed by atoms with Gasteiger partial charge in [-0.15, -0.1) is 0 Å². The van der Waals surface area contributed by atoms with Gasteiger partial charge in [-0.2, -0.15) is 0 Å². The first-order valence-corrected chi connectivity index (χ1v) is 8.98. The van der Waals surface area contributed by atoms with E-state index in [4.69, 9.17) is 4.74 Å². The molecule has 2 rings (SSSR count). The molecule has 1 aromatic rings. The summed E-state index contributed by atoms with van der Waals surface area (Å²) in [5, 5.41) is 3.47. The lowest BCUT2D eigenvalue weighted by Gasteiger charge is -2.26. The summed E-state index contributed by atoms with van der Waals surface area (Å²) in [4.78, 5) is 14.5. The van der Waals surface area contributed by atoms with Crippen molar-refractivity contribution in [1.29, 1.82) is 0 Å². The van der Waals surface area contributed by atoms with Crippen molar-refractivity contribution in [3.63, 3.8) is 0 Å². The van der Waals surface area contributed by atoms with E-state index in [0.29, 0.717) is 12.2 Å². The monoisotopic (exact) mass is 318 g/mol. The van der Waals surface area contributed by atoms with Crippen LogP contribution in [0.5, 0.6) is 0 Å². The van der Waals surface area contributed by atoms with E-state index in [2.05, 4.69) is 23.2 Å². The quantitative estimate of drug-likeness (QED) is 0.561. The Morgan fingerprint density at radius 1 is 1.26 bits per heavy atom. The number of esters is 1. The maximum absolute atomic E-state index is 12.0. The minimum Gasteiger partial charge on any atom is -0.462 e. The van der Waals surface area contributed by atoms with Crippen LogP contribution >= 0.6 is 0 Å². The van der Waals surface area contributed by atoms with E-state index in [1.54, 1.807) is 0 Å². The molecular weight excluding hydrogens is 288 g/mol. The molecule has 0 spiro atoms. The Morgan fingerprint density at radius 2 is 2.09 bits per heavy atom. The van der Waals surface area contributed by atoms with Gasteiger partial charge in [-0.05, 0) is 50.0 Å². The largest absolute Gasteiger partial charge is 0.462 e. The van der Waals surface area contributed by atoms with Gasteiger partial charge in [0.2, 0.25) is 0 Å². The standard InChI is InChI=1S/C19H30N2O2/c1-2-3-14-23-19(22)18-9-7-8-17(15-18)16-20-10-13-21-11-5-4-6-12-21/h7-9,15,20H,2-6,10-14,16H2,1H3. The molecule has 1 aliphatic rings. The van der Waals surface area contributed by atoms with E-state index in [0.717, 1.165) is 38.0 Å². The second kappa shape index (κ2) is 10.4. The van der Waals surface area contributed by atoms with Crippen molar-refractivity contribution in [2.45, 2.75) is 45.6 Å². The average Bonchev–Trinajstić information content (AvgIpc) is 2.60.